The maximum Gasteiger partial charge on any atom is 0.241 e. The predicted octanol–water partition coefficient (Wildman–Crippen LogP) is -0.436. The molecule has 0 saturated carbocycles. The van der Waals surface area contributed by atoms with E-state index in [-0.39, 0.29) is 30.8 Å². The third-order valence-electron chi connectivity index (χ3n) is 1.89. The number of nitrogens with zero attached hydrogens (tertiary/aromatic N) is 2. The molecule has 1 N–H and O–H groups in total. The Morgan fingerprint density at radius 1 is 1.13 bits per heavy atom. The molecule has 90 valence electrons. The zero-order valence-electron chi connectivity index (χ0n) is 9.74. The molecule has 0 fully saturated rings. The van der Waals surface area contributed by atoms with Crippen LogP contribution in [0.25, 0.3) is 0 Å². The molecule has 6 heteroatoms. The smallest absolute Gasteiger partial charge is 0.241 e. The van der Waals surface area contributed by atoms with E-state index in [2.05, 4.69) is 5.32 Å². The fraction of sp³-hybridized carbons (Fsp3) is 0.778. The van der Waals surface area contributed by atoms with E-state index in [0.29, 0.717) is 13.0 Å². The zero-order chi connectivity index (χ0) is 11.1. The van der Waals surface area contributed by atoms with Crippen LogP contribution in [0.15, 0.2) is 0 Å². The van der Waals surface area contributed by atoms with Gasteiger partial charge in [0.1, 0.15) is 0 Å². The van der Waals surface area contributed by atoms with Crippen molar-refractivity contribution >= 4 is 24.2 Å². The van der Waals surface area contributed by atoms with Crippen LogP contribution in [0.5, 0.6) is 0 Å². The van der Waals surface area contributed by atoms with Gasteiger partial charge < -0.3 is 15.1 Å². The number of halogens is 1. The number of amides is 2. The maximum absolute atomic E-state index is 11.4. The fourth-order valence-corrected chi connectivity index (χ4v) is 0.855. The molecule has 0 aliphatic rings. The van der Waals surface area contributed by atoms with Gasteiger partial charge >= 0.3 is 0 Å². The van der Waals surface area contributed by atoms with Crippen LogP contribution in [0.3, 0.4) is 0 Å². The monoisotopic (exact) mass is 237 g/mol. The van der Waals surface area contributed by atoms with Crippen LogP contribution in [0.4, 0.5) is 0 Å². The molecule has 0 aromatic rings. The third kappa shape index (κ3) is 7.16. The van der Waals surface area contributed by atoms with Gasteiger partial charge in [-0.05, 0) is 7.05 Å². The Morgan fingerprint density at radius 2 is 1.67 bits per heavy atom. The van der Waals surface area contributed by atoms with E-state index < -0.39 is 0 Å². The number of carbonyl (C=O) groups is 2. The Balaban J connectivity index is 0. The molecule has 0 radical (unpaired) electrons. The molecule has 0 atom stereocenters. The second kappa shape index (κ2) is 8.49. The van der Waals surface area contributed by atoms with Gasteiger partial charge in [0.2, 0.25) is 11.8 Å². The molecule has 5 nitrogen and oxygen atoms in total. The van der Waals surface area contributed by atoms with E-state index in [1.807, 2.05) is 0 Å². The fourth-order valence-electron chi connectivity index (χ4n) is 0.855. The van der Waals surface area contributed by atoms with Crippen LogP contribution in [0, 0.1) is 0 Å². The molecule has 15 heavy (non-hydrogen) atoms. The number of hydrogen-bond donors (Lipinski definition) is 1. The van der Waals surface area contributed by atoms with Crippen molar-refractivity contribution in [1.29, 1.82) is 0 Å². The SMILES string of the molecule is CNCCC(=O)N(C)CC(=O)N(C)C.Cl. The number of likely N-dealkylation sites (N-methyl/N-ethyl adjacent to an activating group) is 2. The number of hydrogen-bond acceptors (Lipinski definition) is 3. The van der Waals surface area contributed by atoms with Crippen LogP contribution in [-0.2, 0) is 9.59 Å². The topological polar surface area (TPSA) is 52.7 Å². The molecule has 0 rings (SSSR count). The first-order chi connectivity index (χ1) is 6.49. The van der Waals surface area contributed by atoms with Crippen LogP contribution in [-0.4, -0.2) is 62.9 Å². The summed E-state index contributed by atoms with van der Waals surface area (Å²) < 4.78 is 0. The molecule has 2 amide bonds. The summed E-state index contributed by atoms with van der Waals surface area (Å²) >= 11 is 0. The molecule has 0 aliphatic carbocycles. The maximum atomic E-state index is 11.4. The van der Waals surface area contributed by atoms with E-state index in [1.165, 1.54) is 9.80 Å². The van der Waals surface area contributed by atoms with Crippen molar-refractivity contribution in [2.24, 2.45) is 0 Å². The van der Waals surface area contributed by atoms with Crippen LogP contribution >= 0.6 is 12.4 Å². The zero-order valence-corrected chi connectivity index (χ0v) is 10.6. The standard InChI is InChI=1S/C9H19N3O2.ClH/c1-10-6-5-8(13)12(4)7-9(14)11(2)3;/h10H,5-7H2,1-4H3;1H. The van der Waals surface area contributed by atoms with Crippen molar-refractivity contribution in [3.8, 4) is 0 Å². The van der Waals surface area contributed by atoms with Crippen molar-refractivity contribution in [2.45, 2.75) is 6.42 Å². The van der Waals surface area contributed by atoms with E-state index in [9.17, 15) is 9.59 Å². The van der Waals surface area contributed by atoms with Gasteiger partial charge in [-0.1, -0.05) is 0 Å². The van der Waals surface area contributed by atoms with Gasteiger partial charge in [-0.3, -0.25) is 9.59 Å². The van der Waals surface area contributed by atoms with Gasteiger partial charge in [-0.2, -0.15) is 0 Å². The molecule has 0 bridgehead atoms. The van der Waals surface area contributed by atoms with Gasteiger partial charge in [0, 0.05) is 34.1 Å². The highest BCUT2D eigenvalue weighted by Crippen LogP contribution is 1.91. The summed E-state index contributed by atoms with van der Waals surface area (Å²) in [5.74, 6) is -0.0835. The summed E-state index contributed by atoms with van der Waals surface area (Å²) in [4.78, 5) is 25.5. The lowest BCUT2D eigenvalue weighted by atomic mass is 10.3. The lowest BCUT2D eigenvalue weighted by molar-refractivity contribution is -0.137. The lowest BCUT2D eigenvalue weighted by Gasteiger charge is -2.19. The Labute approximate surface area is 97.2 Å². The Kier molecular flexibility index (Phi) is 9.41. The minimum Gasteiger partial charge on any atom is -0.347 e. The lowest BCUT2D eigenvalue weighted by Crippen LogP contribution is -2.38. The van der Waals surface area contributed by atoms with Crippen molar-refractivity contribution in [3.63, 3.8) is 0 Å². The molecular formula is C9H20ClN3O2. The second-order valence-electron chi connectivity index (χ2n) is 3.39. The Morgan fingerprint density at radius 3 is 2.07 bits per heavy atom. The summed E-state index contributed by atoms with van der Waals surface area (Å²) in [6.45, 7) is 0.787. The van der Waals surface area contributed by atoms with Crippen molar-refractivity contribution in [2.75, 3.05) is 41.3 Å². The quantitative estimate of drug-likeness (QED) is 0.706. The summed E-state index contributed by atoms with van der Waals surface area (Å²) in [5.41, 5.74) is 0. The molecule has 0 aromatic heterocycles. The van der Waals surface area contributed by atoms with Crippen LogP contribution < -0.4 is 5.32 Å². The normalized spacial score (nSPS) is 9.07. The molecular weight excluding hydrogens is 218 g/mol. The van der Waals surface area contributed by atoms with Crippen molar-refractivity contribution < 1.29 is 9.59 Å². The minimum atomic E-state index is -0.0645. The van der Waals surface area contributed by atoms with Crippen LogP contribution in [0.2, 0.25) is 0 Å². The van der Waals surface area contributed by atoms with E-state index in [1.54, 1.807) is 28.2 Å². The molecule has 0 heterocycles. The second-order valence-corrected chi connectivity index (χ2v) is 3.39. The Hall–Kier alpha value is -0.810. The van der Waals surface area contributed by atoms with Crippen molar-refractivity contribution in [1.82, 2.24) is 15.1 Å². The van der Waals surface area contributed by atoms with Gasteiger partial charge in [-0.25, -0.2) is 0 Å². The van der Waals surface area contributed by atoms with Gasteiger partial charge in [0.15, 0.2) is 0 Å². The third-order valence-corrected chi connectivity index (χ3v) is 1.89. The first kappa shape index (κ1) is 16.6. The summed E-state index contributed by atoms with van der Waals surface area (Å²) in [7, 11) is 6.78. The van der Waals surface area contributed by atoms with E-state index in [4.69, 9.17) is 0 Å². The largest absolute Gasteiger partial charge is 0.347 e. The summed E-state index contributed by atoms with van der Waals surface area (Å²) in [6.07, 6.45) is 0.424. The molecule has 0 unspecified atom stereocenters. The first-order valence-electron chi connectivity index (χ1n) is 4.57. The summed E-state index contributed by atoms with van der Waals surface area (Å²) in [6, 6.07) is 0. The Bertz CT molecular complexity index is 210. The van der Waals surface area contributed by atoms with Gasteiger partial charge in [0.05, 0.1) is 6.54 Å². The molecule has 0 aliphatic heterocycles. The highest BCUT2D eigenvalue weighted by Gasteiger charge is 2.12. The van der Waals surface area contributed by atoms with Gasteiger partial charge in [-0.15, -0.1) is 12.4 Å². The highest BCUT2D eigenvalue weighted by atomic mass is 35.5. The number of rotatable bonds is 5. The number of carbonyl (C=O) groups excluding carboxylic acids is 2. The van der Waals surface area contributed by atoms with E-state index >= 15 is 0 Å². The van der Waals surface area contributed by atoms with Crippen LogP contribution in [0.1, 0.15) is 6.42 Å². The minimum absolute atomic E-state index is 0. The number of nitrogens with one attached hydrogen (secondary N) is 1. The van der Waals surface area contributed by atoms with Gasteiger partial charge in [0.25, 0.3) is 0 Å². The average Bonchev–Trinajstić information content (AvgIpc) is 2.13. The molecule has 0 spiro atoms. The van der Waals surface area contributed by atoms with E-state index in [0.717, 1.165) is 0 Å². The highest BCUT2D eigenvalue weighted by molar-refractivity contribution is 5.85. The predicted molar refractivity (Wildman–Crippen MR) is 62.1 cm³/mol. The summed E-state index contributed by atoms with van der Waals surface area (Å²) in [5, 5.41) is 2.89. The molecule has 0 saturated heterocycles. The molecule has 0 aromatic carbocycles. The first-order valence-corrected chi connectivity index (χ1v) is 4.57. The van der Waals surface area contributed by atoms with Crippen molar-refractivity contribution in [3.05, 3.63) is 0 Å². The average molecular weight is 238 g/mol.